The maximum absolute atomic E-state index is 4.46. The van der Waals surface area contributed by atoms with Gasteiger partial charge in [0, 0.05) is 11.8 Å². The van der Waals surface area contributed by atoms with E-state index in [4.69, 9.17) is 0 Å². The molecule has 0 heterocycles. The van der Waals surface area contributed by atoms with Crippen LogP contribution in [-0.4, -0.2) is 6.21 Å². The van der Waals surface area contributed by atoms with E-state index in [0.29, 0.717) is 0 Å². The number of allylic oxidation sites excluding steroid dienone is 3. The lowest BCUT2D eigenvalue weighted by Crippen LogP contribution is -1.86. The van der Waals surface area contributed by atoms with Crippen LogP contribution in [0, 0.1) is 6.92 Å². The first-order valence-corrected chi connectivity index (χ1v) is 5.78. The fraction of sp³-hybridized carbons (Fsp3) is 0.188. The van der Waals surface area contributed by atoms with Crippen LogP contribution in [0.5, 0.6) is 0 Å². The molecule has 0 amide bonds. The Labute approximate surface area is 104 Å². The van der Waals surface area contributed by atoms with Crippen molar-refractivity contribution in [2.24, 2.45) is 4.99 Å². The summed E-state index contributed by atoms with van der Waals surface area (Å²) in [5.41, 5.74) is 4.56. The van der Waals surface area contributed by atoms with Gasteiger partial charge in [-0.15, -0.1) is 0 Å². The third-order valence-electron chi connectivity index (χ3n) is 2.52. The van der Waals surface area contributed by atoms with E-state index in [0.717, 1.165) is 11.3 Å². The number of rotatable bonds is 4. The molecule has 17 heavy (non-hydrogen) atoms. The number of hydrogen-bond acceptors (Lipinski definition) is 1. The molecule has 0 fully saturated rings. The van der Waals surface area contributed by atoms with Crippen LogP contribution in [0.4, 0.5) is 5.69 Å². The maximum Gasteiger partial charge on any atom is 0.0732 e. The molecule has 0 unspecified atom stereocenters. The maximum atomic E-state index is 4.46. The second-order valence-corrected chi connectivity index (χ2v) is 3.70. The molecular weight excluding hydrogens is 206 g/mol. The van der Waals surface area contributed by atoms with Gasteiger partial charge in [-0.1, -0.05) is 49.1 Å². The van der Waals surface area contributed by atoms with E-state index in [2.05, 4.69) is 42.8 Å². The molecule has 1 aromatic carbocycles. The Balaban J connectivity index is 3.37. The number of benzene rings is 1. The zero-order chi connectivity index (χ0) is 12.7. The average Bonchev–Trinajstić information content (AvgIpc) is 2.33. The number of nitrogens with zero attached hydrogens (tertiary/aromatic N) is 1. The molecule has 88 valence electrons. The predicted molar refractivity (Wildman–Crippen MR) is 78.9 cm³/mol. The molecule has 0 saturated heterocycles. The van der Waals surface area contributed by atoms with Crippen LogP contribution in [0.2, 0.25) is 0 Å². The molecule has 0 spiro atoms. The van der Waals surface area contributed by atoms with Gasteiger partial charge in [0.05, 0.1) is 5.69 Å². The summed E-state index contributed by atoms with van der Waals surface area (Å²) < 4.78 is 0. The summed E-state index contributed by atoms with van der Waals surface area (Å²) in [5, 5.41) is 0. The molecule has 1 nitrogen and oxygen atoms in total. The highest BCUT2D eigenvalue weighted by Gasteiger charge is 2.04. The summed E-state index contributed by atoms with van der Waals surface area (Å²) >= 11 is 0. The third-order valence-corrected chi connectivity index (χ3v) is 2.52. The van der Waals surface area contributed by atoms with Crippen molar-refractivity contribution < 1.29 is 0 Å². The molecule has 1 aromatic rings. The molecule has 0 saturated carbocycles. The molecule has 0 bridgehead atoms. The minimum atomic E-state index is 1.04. The monoisotopic (exact) mass is 225 g/mol. The zero-order valence-corrected chi connectivity index (χ0v) is 10.8. The summed E-state index contributed by atoms with van der Waals surface area (Å²) in [7, 11) is 0. The smallest absolute Gasteiger partial charge is 0.0732 e. The van der Waals surface area contributed by atoms with E-state index in [9.17, 15) is 0 Å². The summed E-state index contributed by atoms with van der Waals surface area (Å²) in [6, 6.07) is 4.21. The van der Waals surface area contributed by atoms with Gasteiger partial charge in [-0.2, -0.15) is 0 Å². The van der Waals surface area contributed by atoms with Gasteiger partial charge in [0.2, 0.25) is 0 Å². The van der Waals surface area contributed by atoms with E-state index >= 15 is 0 Å². The van der Waals surface area contributed by atoms with Gasteiger partial charge < -0.3 is 0 Å². The van der Waals surface area contributed by atoms with E-state index < -0.39 is 0 Å². The second kappa shape index (κ2) is 6.64. The Morgan fingerprint density at radius 3 is 2.41 bits per heavy atom. The van der Waals surface area contributed by atoms with Crippen LogP contribution >= 0.6 is 0 Å². The zero-order valence-electron chi connectivity index (χ0n) is 10.8. The molecule has 0 aromatic heterocycles. The molecule has 0 radical (unpaired) electrons. The van der Waals surface area contributed by atoms with Crippen molar-refractivity contribution >= 4 is 24.1 Å². The molecule has 1 rings (SSSR count). The minimum absolute atomic E-state index is 1.04. The molecule has 0 aliphatic rings. The SMILES string of the molecule is C=C/C=C\c1ccc(/C=C\C)c(N=CC)c1C. The van der Waals surface area contributed by atoms with Crippen molar-refractivity contribution in [3.8, 4) is 0 Å². The Morgan fingerprint density at radius 2 is 1.82 bits per heavy atom. The number of hydrogen-bond donors (Lipinski definition) is 0. The Hall–Kier alpha value is -1.89. The first-order chi connectivity index (χ1) is 8.24. The normalized spacial score (nSPS) is 11.9. The second-order valence-electron chi connectivity index (χ2n) is 3.70. The third kappa shape index (κ3) is 3.28. The van der Waals surface area contributed by atoms with Crippen molar-refractivity contribution in [3.05, 3.63) is 53.6 Å². The lowest BCUT2D eigenvalue weighted by Gasteiger charge is -2.08. The van der Waals surface area contributed by atoms with Crippen LogP contribution in [-0.2, 0) is 0 Å². The fourth-order valence-corrected chi connectivity index (χ4v) is 1.70. The minimum Gasteiger partial charge on any atom is -0.261 e. The number of aliphatic imine (C=N–C) groups is 1. The van der Waals surface area contributed by atoms with Gasteiger partial charge in [-0.25, -0.2) is 0 Å². The topological polar surface area (TPSA) is 12.4 Å². The predicted octanol–water partition coefficient (Wildman–Crippen LogP) is 4.95. The van der Waals surface area contributed by atoms with Gasteiger partial charge in [-0.3, -0.25) is 4.99 Å². The summed E-state index contributed by atoms with van der Waals surface area (Å²) in [6.07, 6.45) is 11.7. The van der Waals surface area contributed by atoms with Crippen molar-refractivity contribution in [1.82, 2.24) is 0 Å². The lowest BCUT2D eigenvalue weighted by molar-refractivity contribution is 1.37. The van der Waals surface area contributed by atoms with Crippen LogP contribution in [0.3, 0.4) is 0 Å². The first-order valence-electron chi connectivity index (χ1n) is 5.78. The molecule has 0 atom stereocenters. The Kier molecular flexibility index (Phi) is 5.15. The highest BCUT2D eigenvalue weighted by atomic mass is 14.7. The van der Waals surface area contributed by atoms with Gasteiger partial charge in [0.15, 0.2) is 0 Å². The van der Waals surface area contributed by atoms with Crippen molar-refractivity contribution in [1.29, 1.82) is 0 Å². The van der Waals surface area contributed by atoms with Gasteiger partial charge >= 0.3 is 0 Å². The molecule has 0 N–H and O–H groups in total. The highest BCUT2D eigenvalue weighted by Crippen LogP contribution is 2.28. The molecule has 0 aliphatic carbocycles. The average molecular weight is 225 g/mol. The van der Waals surface area contributed by atoms with Crippen molar-refractivity contribution in [3.63, 3.8) is 0 Å². The highest BCUT2D eigenvalue weighted by molar-refractivity contribution is 5.76. The van der Waals surface area contributed by atoms with Gasteiger partial charge in [0.1, 0.15) is 0 Å². The van der Waals surface area contributed by atoms with E-state index in [1.165, 1.54) is 11.1 Å². The quantitative estimate of drug-likeness (QED) is 0.508. The molecule has 0 aliphatic heterocycles. The lowest BCUT2D eigenvalue weighted by atomic mass is 10.0. The van der Waals surface area contributed by atoms with E-state index in [1.54, 1.807) is 6.08 Å². The summed E-state index contributed by atoms with van der Waals surface area (Å²) in [6.45, 7) is 9.73. The summed E-state index contributed by atoms with van der Waals surface area (Å²) in [4.78, 5) is 4.46. The van der Waals surface area contributed by atoms with Gasteiger partial charge in [-0.05, 0) is 31.9 Å². The Bertz CT molecular complexity index is 477. The van der Waals surface area contributed by atoms with Crippen LogP contribution < -0.4 is 0 Å². The fourth-order valence-electron chi connectivity index (χ4n) is 1.70. The van der Waals surface area contributed by atoms with Crippen molar-refractivity contribution in [2.45, 2.75) is 20.8 Å². The van der Waals surface area contributed by atoms with Crippen LogP contribution in [0.1, 0.15) is 30.5 Å². The van der Waals surface area contributed by atoms with Crippen molar-refractivity contribution in [2.75, 3.05) is 0 Å². The molecular formula is C16H19N. The largest absolute Gasteiger partial charge is 0.261 e. The first kappa shape index (κ1) is 13.2. The summed E-state index contributed by atoms with van der Waals surface area (Å²) in [5.74, 6) is 0. The van der Waals surface area contributed by atoms with Gasteiger partial charge in [0.25, 0.3) is 0 Å². The standard InChI is InChI=1S/C16H19N/c1-5-8-10-14-11-12-15(9-6-2)16(13(14)4)17-7-3/h5-12H,1H2,2-4H3/b9-6-,10-8-,17-7?. The van der Waals surface area contributed by atoms with E-state index in [-0.39, 0.29) is 0 Å². The molecule has 1 heteroatoms. The van der Waals surface area contributed by atoms with Crippen LogP contribution in [0.15, 0.2) is 41.9 Å². The Morgan fingerprint density at radius 1 is 1.12 bits per heavy atom. The van der Waals surface area contributed by atoms with E-state index in [1.807, 2.05) is 32.2 Å². The van der Waals surface area contributed by atoms with Crippen LogP contribution in [0.25, 0.3) is 12.2 Å².